The second kappa shape index (κ2) is 9.04. The van der Waals surface area contributed by atoms with Crippen LogP contribution >= 0.6 is 0 Å². The van der Waals surface area contributed by atoms with E-state index in [1.54, 1.807) is 50.2 Å². The largest absolute Gasteiger partial charge is 0.497 e. The number of benzene rings is 1. The molecule has 25 heavy (non-hydrogen) atoms. The summed E-state index contributed by atoms with van der Waals surface area (Å²) in [5.41, 5.74) is -0.306. The molecule has 0 saturated heterocycles. The second-order valence-corrected chi connectivity index (χ2v) is 6.47. The number of rotatable bonds is 8. The zero-order valence-corrected chi connectivity index (χ0v) is 15.4. The van der Waals surface area contributed by atoms with Crippen molar-refractivity contribution in [3.63, 3.8) is 0 Å². The van der Waals surface area contributed by atoms with E-state index < -0.39 is 5.54 Å². The van der Waals surface area contributed by atoms with Crippen LogP contribution in [-0.2, 0) is 9.59 Å². The van der Waals surface area contributed by atoms with Crippen LogP contribution < -0.4 is 15.4 Å². The third kappa shape index (κ3) is 6.43. The molecule has 0 aliphatic heterocycles. The summed E-state index contributed by atoms with van der Waals surface area (Å²) in [6.45, 7) is 5.50. The van der Waals surface area contributed by atoms with Crippen molar-refractivity contribution in [2.75, 3.05) is 32.6 Å². The minimum atomic E-state index is -0.930. The maximum absolute atomic E-state index is 12.1. The van der Waals surface area contributed by atoms with Crippen molar-refractivity contribution in [3.05, 3.63) is 24.3 Å². The van der Waals surface area contributed by atoms with E-state index in [4.69, 9.17) is 4.74 Å². The fourth-order valence-corrected chi connectivity index (χ4v) is 2.08. The Balaban J connectivity index is 2.52. The molecule has 1 rings (SSSR count). The number of carbonyl (C=O) groups is 2. The Hall–Kier alpha value is -2.59. The normalized spacial score (nSPS) is 13.0. The summed E-state index contributed by atoms with van der Waals surface area (Å²) in [5.74, 6) is 0.0861. The number of carbonyl (C=O) groups excluding carboxylic acids is 2. The molecule has 0 aromatic heterocycles. The van der Waals surface area contributed by atoms with Gasteiger partial charge >= 0.3 is 0 Å². The first-order valence-corrected chi connectivity index (χ1v) is 8.05. The van der Waals surface area contributed by atoms with Gasteiger partial charge < -0.3 is 15.4 Å². The van der Waals surface area contributed by atoms with Gasteiger partial charge in [0.1, 0.15) is 11.3 Å². The third-order valence-electron chi connectivity index (χ3n) is 3.97. The summed E-state index contributed by atoms with van der Waals surface area (Å²) >= 11 is 0. The Morgan fingerprint density at radius 3 is 2.52 bits per heavy atom. The molecule has 1 aromatic carbocycles. The number of anilines is 1. The molecule has 0 unspecified atom stereocenters. The highest BCUT2D eigenvalue weighted by Crippen LogP contribution is 2.17. The molecule has 7 nitrogen and oxygen atoms in total. The van der Waals surface area contributed by atoms with Gasteiger partial charge in [-0.05, 0) is 32.0 Å². The monoisotopic (exact) mass is 346 g/mol. The van der Waals surface area contributed by atoms with E-state index in [0.29, 0.717) is 11.4 Å². The lowest BCUT2D eigenvalue weighted by Crippen LogP contribution is -2.51. The molecule has 0 aliphatic carbocycles. The van der Waals surface area contributed by atoms with Crippen LogP contribution in [0.2, 0.25) is 0 Å². The van der Waals surface area contributed by atoms with E-state index in [2.05, 4.69) is 16.7 Å². The molecule has 2 amide bonds. The van der Waals surface area contributed by atoms with E-state index in [1.807, 2.05) is 13.8 Å². The van der Waals surface area contributed by atoms with E-state index >= 15 is 0 Å². The number of ether oxygens (including phenoxy) is 1. The smallest absolute Gasteiger partial charge is 0.238 e. The van der Waals surface area contributed by atoms with Crippen molar-refractivity contribution < 1.29 is 14.3 Å². The van der Waals surface area contributed by atoms with Crippen LogP contribution in [0.3, 0.4) is 0 Å². The molecule has 0 fully saturated rings. The van der Waals surface area contributed by atoms with Crippen molar-refractivity contribution in [1.82, 2.24) is 10.2 Å². The third-order valence-corrected chi connectivity index (χ3v) is 3.97. The predicted octanol–water partition coefficient (Wildman–Crippen LogP) is 1.62. The molecule has 0 radical (unpaired) electrons. The van der Waals surface area contributed by atoms with E-state index in [1.165, 1.54) is 0 Å². The Labute approximate surface area is 148 Å². The average molecular weight is 346 g/mol. The molecular weight excluding hydrogens is 320 g/mol. The van der Waals surface area contributed by atoms with Gasteiger partial charge in [0.2, 0.25) is 11.8 Å². The van der Waals surface area contributed by atoms with Gasteiger partial charge in [-0.25, -0.2) is 0 Å². The highest BCUT2D eigenvalue weighted by molar-refractivity contribution is 5.92. The molecule has 1 aromatic rings. The van der Waals surface area contributed by atoms with Crippen molar-refractivity contribution in [3.8, 4) is 11.8 Å². The predicted molar refractivity (Wildman–Crippen MR) is 96.1 cm³/mol. The molecule has 0 heterocycles. The maximum atomic E-state index is 12.1. The molecule has 1 atom stereocenters. The van der Waals surface area contributed by atoms with Crippen LogP contribution in [0.25, 0.3) is 0 Å². The van der Waals surface area contributed by atoms with Crippen LogP contribution in [0.1, 0.15) is 20.8 Å². The summed E-state index contributed by atoms with van der Waals surface area (Å²) in [4.78, 5) is 25.8. The van der Waals surface area contributed by atoms with Gasteiger partial charge in [-0.15, -0.1) is 0 Å². The lowest BCUT2D eigenvalue weighted by atomic mass is 9.90. The van der Waals surface area contributed by atoms with Crippen molar-refractivity contribution >= 4 is 17.5 Å². The SMILES string of the molecule is COc1cccc(NC(=O)CN(C)CC(=O)N[C@@](C)(C#N)C(C)C)c1. The number of methoxy groups -OCH3 is 1. The Morgan fingerprint density at radius 2 is 1.96 bits per heavy atom. The molecule has 7 heteroatoms. The van der Waals surface area contributed by atoms with Gasteiger partial charge in [-0.3, -0.25) is 14.5 Å². The molecule has 0 aliphatic rings. The van der Waals surface area contributed by atoms with Crippen LogP contribution in [0.5, 0.6) is 5.75 Å². The zero-order valence-electron chi connectivity index (χ0n) is 15.4. The van der Waals surface area contributed by atoms with E-state index in [-0.39, 0.29) is 30.8 Å². The van der Waals surface area contributed by atoms with Crippen LogP contribution in [0.4, 0.5) is 5.69 Å². The first-order chi connectivity index (χ1) is 11.7. The molecule has 0 bridgehead atoms. The number of hydrogen-bond donors (Lipinski definition) is 2. The topological polar surface area (TPSA) is 94.5 Å². The Bertz CT molecular complexity index is 654. The van der Waals surface area contributed by atoms with E-state index in [0.717, 1.165) is 0 Å². The summed E-state index contributed by atoms with van der Waals surface area (Å²) in [7, 11) is 3.23. The Kier molecular flexibility index (Phi) is 7.40. The zero-order chi connectivity index (χ0) is 19.0. The van der Waals surface area contributed by atoms with Crippen LogP contribution in [0, 0.1) is 17.2 Å². The van der Waals surface area contributed by atoms with Gasteiger partial charge in [0, 0.05) is 11.8 Å². The minimum absolute atomic E-state index is 0.0233. The summed E-state index contributed by atoms with van der Waals surface area (Å²) in [6, 6.07) is 9.16. The van der Waals surface area contributed by atoms with Gasteiger partial charge in [0.15, 0.2) is 0 Å². The number of nitrogens with one attached hydrogen (secondary N) is 2. The number of likely N-dealkylation sites (N-methyl/N-ethyl adjacent to an activating group) is 1. The summed E-state index contributed by atoms with van der Waals surface area (Å²) in [5, 5.41) is 14.7. The summed E-state index contributed by atoms with van der Waals surface area (Å²) in [6.07, 6.45) is 0. The first kappa shape index (κ1) is 20.5. The quantitative estimate of drug-likeness (QED) is 0.746. The minimum Gasteiger partial charge on any atom is -0.497 e. The number of nitrogens with zero attached hydrogens (tertiary/aromatic N) is 2. The van der Waals surface area contributed by atoms with Crippen LogP contribution in [0.15, 0.2) is 24.3 Å². The fraction of sp³-hybridized carbons (Fsp3) is 0.500. The standard InChI is InChI=1S/C18H26N4O3/c1-13(2)18(3,12-19)21-17(24)11-22(4)10-16(23)20-14-7-6-8-15(9-14)25-5/h6-9,13H,10-11H2,1-5H3,(H,20,23)(H,21,24)/t18-/m0/s1. The second-order valence-electron chi connectivity index (χ2n) is 6.47. The molecular formula is C18H26N4O3. The van der Waals surface area contributed by atoms with Crippen molar-refractivity contribution in [1.29, 1.82) is 5.26 Å². The highest BCUT2D eigenvalue weighted by Gasteiger charge is 2.30. The fourth-order valence-electron chi connectivity index (χ4n) is 2.08. The number of nitriles is 1. The maximum Gasteiger partial charge on any atom is 0.238 e. The highest BCUT2D eigenvalue weighted by atomic mass is 16.5. The van der Waals surface area contributed by atoms with Crippen molar-refractivity contribution in [2.24, 2.45) is 5.92 Å². The first-order valence-electron chi connectivity index (χ1n) is 8.05. The van der Waals surface area contributed by atoms with E-state index in [9.17, 15) is 14.9 Å². The van der Waals surface area contributed by atoms with Gasteiger partial charge in [-0.2, -0.15) is 5.26 Å². The van der Waals surface area contributed by atoms with Gasteiger partial charge in [0.05, 0.1) is 26.3 Å². The number of hydrogen-bond acceptors (Lipinski definition) is 5. The lowest BCUT2D eigenvalue weighted by Gasteiger charge is -2.28. The molecule has 2 N–H and O–H groups in total. The van der Waals surface area contributed by atoms with Gasteiger partial charge in [-0.1, -0.05) is 19.9 Å². The van der Waals surface area contributed by atoms with Gasteiger partial charge in [0.25, 0.3) is 0 Å². The molecule has 0 spiro atoms. The van der Waals surface area contributed by atoms with Crippen molar-refractivity contribution in [2.45, 2.75) is 26.3 Å². The van der Waals surface area contributed by atoms with Crippen LogP contribution in [-0.4, -0.2) is 49.5 Å². The molecule has 136 valence electrons. The lowest BCUT2D eigenvalue weighted by molar-refractivity contribution is -0.124. The average Bonchev–Trinajstić information content (AvgIpc) is 2.54. The summed E-state index contributed by atoms with van der Waals surface area (Å²) < 4.78 is 5.11. The molecule has 0 saturated carbocycles. The Morgan fingerprint density at radius 1 is 1.32 bits per heavy atom. The number of amides is 2.